The predicted molar refractivity (Wildman–Crippen MR) is 94.0 cm³/mol. The van der Waals surface area contributed by atoms with Crippen molar-refractivity contribution in [2.75, 3.05) is 19.6 Å². The number of nitrogens with zero attached hydrogens (tertiary/aromatic N) is 1. The normalized spacial score (nSPS) is 15.6. The molecule has 1 saturated heterocycles. The maximum absolute atomic E-state index is 12.3. The van der Waals surface area contributed by atoms with Gasteiger partial charge in [-0.05, 0) is 42.2 Å². The van der Waals surface area contributed by atoms with Gasteiger partial charge in [0.2, 0.25) is 5.91 Å². The molecular formula is C17H20N2O2S2. The lowest BCUT2D eigenvalue weighted by atomic mass is 9.95. The molecule has 0 saturated carbocycles. The van der Waals surface area contributed by atoms with Crippen molar-refractivity contribution in [3.8, 4) is 0 Å². The highest BCUT2D eigenvalue weighted by atomic mass is 32.1. The lowest BCUT2D eigenvalue weighted by Crippen LogP contribution is -2.43. The van der Waals surface area contributed by atoms with E-state index in [0.29, 0.717) is 19.6 Å². The van der Waals surface area contributed by atoms with Gasteiger partial charge >= 0.3 is 0 Å². The number of carbonyl (C=O) groups excluding carboxylic acids is 2. The third-order valence-corrected chi connectivity index (χ3v) is 5.93. The zero-order valence-corrected chi connectivity index (χ0v) is 14.5. The summed E-state index contributed by atoms with van der Waals surface area (Å²) in [4.78, 5) is 28.4. The quantitative estimate of drug-likeness (QED) is 0.903. The van der Waals surface area contributed by atoms with Crippen molar-refractivity contribution < 1.29 is 9.59 Å². The standard InChI is InChI=1S/C17H20N2O2S2/c20-16(18-8-5-14-3-1-11-22-14)13-6-9-19(10-7-13)17(21)15-4-2-12-23-15/h1-4,11-13H,5-10H2,(H,18,20). The second kappa shape index (κ2) is 7.75. The summed E-state index contributed by atoms with van der Waals surface area (Å²) in [6, 6.07) is 7.87. The Kier molecular flexibility index (Phi) is 5.46. The van der Waals surface area contributed by atoms with Crippen molar-refractivity contribution in [3.05, 3.63) is 44.8 Å². The number of amides is 2. The van der Waals surface area contributed by atoms with Crippen LogP contribution in [0.5, 0.6) is 0 Å². The fourth-order valence-corrected chi connectivity index (χ4v) is 4.21. The highest BCUT2D eigenvalue weighted by Crippen LogP contribution is 2.21. The van der Waals surface area contributed by atoms with Crippen LogP contribution in [0.3, 0.4) is 0 Å². The Bertz CT molecular complexity index is 630. The summed E-state index contributed by atoms with van der Waals surface area (Å²) < 4.78 is 0. The first kappa shape index (κ1) is 16.2. The van der Waals surface area contributed by atoms with Crippen molar-refractivity contribution in [1.82, 2.24) is 10.2 Å². The fourth-order valence-electron chi connectivity index (χ4n) is 2.81. The van der Waals surface area contributed by atoms with E-state index in [1.54, 1.807) is 11.3 Å². The van der Waals surface area contributed by atoms with E-state index in [1.807, 2.05) is 28.5 Å². The topological polar surface area (TPSA) is 49.4 Å². The third kappa shape index (κ3) is 4.20. The minimum absolute atomic E-state index is 0.0331. The van der Waals surface area contributed by atoms with Crippen LogP contribution in [0, 0.1) is 5.92 Å². The number of hydrogen-bond donors (Lipinski definition) is 1. The molecule has 0 atom stereocenters. The number of nitrogens with one attached hydrogen (secondary N) is 1. The first-order valence-electron chi connectivity index (χ1n) is 7.87. The molecule has 2 aromatic rings. The Morgan fingerprint density at radius 1 is 1.13 bits per heavy atom. The van der Waals surface area contributed by atoms with Gasteiger partial charge in [0.1, 0.15) is 0 Å². The molecule has 0 unspecified atom stereocenters. The van der Waals surface area contributed by atoms with Crippen molar-refractivity contribution in [3.63, 3.8) is 0 Å². The van der Waals surface area contributed by atoms with Crippen LogP contribution in [-0.2, 0) is 11.2 Å². The minimum atomic E-state index is 0.0331. The molecule has 0 bridgehead atoms. The molecule has 2 amide bonds. The SMILES string of the molecule is O=C(NCCc1cccs1)C1CCN(C(=O)c2cccs2)CC1. The van der Waals surface area contributed by atoms with Gasteiger partial charge in [0.25, 0.3) is 5.91 Å². The fraction of sp³-hybridized carbons (Fsp3) is 0.412. The van der Waals surface area contributed by atoms with Crippen LogP contribution in [0.4, 0.5) is 0 Å². The molecule has 3 heterocycles. The molecule has 0 aromatic carbocycles. The average molecular weight is 348 g/mol. The largest absolute Gasteiger partial charge is 0.355 e. The van der Waals surface area contributed by atoms with E-state index in [2.05, 4.69) is 16.8 Å². The summed E-state index contributed by atoms with van der Waals surface area (Å²) in [5.74, 6) is 0.257. The summed E-state index contributed by atoms with van der Waals surface area (Å²) in [5, 5.41) is 7.00. The molecule has 1 aliphatic heterocycles. The predicted octanol–water partition coefficient (Wildman–Crippen LogP) is 3.02. The second-order valence-electron chi connectivity index (χ2n) is 5.66. The van der Waals surface area contributed by atoms with Crippen LogP contribution in [0.15, 0.2) is 35.0 Å². The van der Waals surface area contributed by atoms with Crippen LogP contribution in [0.25, 0.3) is 0 Å². The van der Waals surface area contributed by atoms with E-state index < -0.39 is 0 Å². The molecule has 6 heteroatoms. The van der Waals surface area contributed by atoms with Gasteiger partial charge in [0.15, 0.2) is 0 Å². The lowest BCUT2D eigenvalue weighted by molar-refractivity contribution is -0.126. The van der Waals surface area contributed by atoms with Gasteiger partial charge in [-0.3, -0.25) is 9.59 Å². The number of rotatable bonds is 5. The number of piperidine rings is 1. The minimum Gasteiger partial charge on any atom is -0.355 e. The monoisotopic (exact) mass is 348 g/mol. The molecular weight excluding hydrogens is 328 g/mol. The smallest absolute Gasteiger partial charge is 0.263 e. The van der Waals surface area contributed by atoms with Crippen LogP contribution in [-0.4, -0.2) is 36.3 Å². The van der Waals surface area contributed by atoms with Crippen molar-refractivity contribution in [1.29, 1.82) is 0 Å². The number of carbonyl (C=O) groups is 2. The molecule has 1 aliphatic rings. The van der Waals surface area contributed by atoms with Crippen molar-refractivity contribution in [2.24, 2.45) is 5.92 Å². The molecule has 122 valence electrons. The molecule has 1 N–H and O–H groups in total. The van der Waals surface area contributed by atoms with Crippen LogP contribution in [0.2, 0.25) is 0 Å². The molecule has 0 radical (unpaired) electrons. The van der Waals surface area contributed by atoms with Gasteiger partial charge in [-0.2, -0.15) is 0 Å². The summed E-state index contributed by atoms with van der Waals surface area (Å²) in [7, 11) is 0. The summed E-state index contributed by atoms with van der Waals surface area (Å²) in [5.41, 5.74) is 0. The molecule has 3 rings (SSSR count). The van der Waals surface area contributed by atoms with Gasteiger partial charge in [0.05, 0.1) is 4.88 Å². The lowest BCUT2D eigenvalue weighted by Gasteiger charge is -2.31. The first-order chi connectivity index (χ1) is 11.2. The molecule has 0 aliphatic carbocycles. The van der Waals surface area contributed by atoms with Gasteiger partial charge in [-0.15, -0.1) is 22.7 Å². The van der Waals surface area contributed by atoms with Crippen LogP contribution >= 0.6 is 22.7 Å². The number of hydrogen-bond acceptors (Lipinski definition) is 4. The van der Waals surface area contributed by atoms with E-state index >= 15 is 0 Å². The van der Waals surface area contributed by atoms with Gasteiger partial charge in [-0.25, -0.2) is 0 Å². The van der Waals surface area contributed by atoms with Crippen LogP contribution in [0.1, 0.15) is 27.4 Å². The van der Waals surface area contributed by atoms with E-state index in [9.17, 15) is 9.59 Å². The van der Waals surface area contributed by atoms with E-state index in [-0.39, 0.29) is 17.7 Å². The van der Waals surface area contributed by atoms with Crippen molar-refractivity contribution >= 4 is 34.5 Å². The Morgan fingerprint density at radius 2 is 1.87 bits per heavy atom. The highest BCUT2D eigenvalue weighted by molar-refractivity contribution is 7.12. The third-order valence-electron chi connectivity index (χ3n) is 4.14. The van der Waals surface area contributed by atoms with Gasteiger partial charge < -0.3 is 10.2 Å². The molecule has 4 nitrogen and oxygen atoms in total. The maximum atomic E-state index is 12.3. The Hall–Kier alpha value is -1.66. The van der Waals surface area contributed by atoms with Gasteiger partial charge in [0, 0.05) is 30.4 Å². The number of thiophene rings is 2. The van der Waals surface area contributed by atoms with E-state index in [0.717, 1.165) is 24.1 Å². The summed E-state index contributed by atoms with van der Waals surface area (Å²) in [6.45, 7) is 2.02. The van der Waals surface area contributed by atoms with Crippen molar-refractivity contribution in [2.45, 2.75) is 19.3 Å². The Labute approximate surface area is 144 Å². The zero-order chi connectivity index (χ0) is 16.1. The molecule has 0 spiro atoms. The van der Waals surface area contributed by atoms with Gasteiger partial charge in [-0.1, -0.05) is 12.1 Å². The maximum Gasteiger partial charge on any atom is 0.263 e. The summed E-state index contributed by atoms with van der Waals surface area (Å²) >= 11 is 3.19. The Morgan fingerprint density at radius 3 is 2.52 bits per heavy atom. The second-order valence-corrected chi connectivity index (χ2v) is 7.64. The van der Waals surface area contributed by atoms with E-state index in [1.165, 1.54) is 16.2 Å². The summed E-state index contributed by atoms with van der Waals surface area (Å²) in [6.07, 6.45) is 2.39. The molecule has 2 aromatic heterocycles. The highest BCUT2D eigenvalue weighted by Gasteiger charge is 2.27. The van der Waals surface area contributed by atoms with E-state index in [4.69, 9.17) is 0 Å². The Balaban J connectivity index is 1.41. The first-order valence-corrected chi connectivity index (χ1v) is 9.63. The molecule has 1 fully saturated rings. The van der Waals surface area contributed by atoms with Crippen LogP contribution < -0.4 is 5.32 Å². The molecule has 23 heavy (non-hydrogen) atoms. The average Bonchev–Trinajstić information content (AvgIpc) is 3.28. The zero-order valence-electron chi connectivity index (χ0n) is 12.9. The number of likely N-dealkylation sites (tertiary alicyclic amines) is 1.